The van der Waals surface area contributed by atoms with Gasteiger partial charge < -0.3 is 99.8 Å². The molecule has 0 aromatic carbocycles. The van der Waals surface area contributed by atoms with E-state index >= 15 is 0 Å². The van der Waals surface area contributed by atoms with Crippen LogP contribution in [-0.4, -0.2) is 210 Å². The van der Waals surface area contributed by atoms with E-state index in [1.807, 2.05) is 0 Å². The van der Waals surface area contributed by atoms with Gasteiger partial charge in [0, 0.05) is 6.92 Å². The fraction of sp³-hybridized carbons (Fsp3) is 0.962. The van der Waals surface area contributed by atoms with Crippen LogP contribution in [0.15, 0.2) is 0 Å². The Bertz CT molecular complexity index is 1010. The molecule has 0 radical (unpaired) electrons. The van der Waals surface area contributed by atoms with E-state index in [2.05, 4.69) is 5.32 Å². The molecule has 1 amide bonds. The number of hydrogen-bond acceptors (Lipinski definition) is 20. The lowest BCUT2D eigenvalue weighted by atomic mass is 9.95. The van der Waals surface area contributed by atoms with Crippen LogP contribution in [0.3, 0.4) is 0 Å². The maximum absolute atomic E-state index is 11.8. The zero-order valence-electron chi connectivity index (χ0n) is 25.3. The molecule has 4 fully saturated rings. The van der Waals surface area contributed by atoms with Gasteiger partial charge in [-0.3, -0.25) is 4.79 Å². The standard InChI is InChI=1S/C26H45NO20/c1-6-12(32)16(36)17(37)25(41-6)47-22-18(38)23(40)42-10(5-30)20(22)45-26-19(39)21(14(34)9(4-29)44-26)46-24-11(27-7(2)31)15(35)13(33)8(3-28)43-24/h6,8-26,28-30,32-40H,3-5H2,1-2H3,(H,27,31)/t6-,8+,9+,10+,11+,12+,13+,14-,15+,16+,17-,18+,19+,20+,21-,22+,23?,24-,25-,26-/m0/s1. The molecule has 0 aromatic heterocycles. The van der Waals surface area contributed by atoms with Crippen LogP contribution in [-0.2, 0) is 38.0 Å². The summed E-state index contributed by atoms with van der Waals surface area (Å²) in [7, 11) is 0. The molecule has 4 aliphatic heterocycles. The molecule has 47 heavy (non-hydrogen) atoms. The van der Waals surface area contributed by atoms with Crippen molar-refractivity contribution in [3.63, 3.8) is 0 Å². The highest BCUT2D eigenvalue weighted by atomic mass is 16.8. The Morgan fingerprint density at radius 1 is 0.553 bits per heavy atom. The predicted molar refractivity (Wildman–Crippen MR) is 144 cm³/mol. The SMILES string of the molecule is CC(=O)N[C@H]1[C@H](O[C@H]2[C@@H](O)[C@@H](CO)O[C@@H](O[C@H]3[C@H](O[C@@H]4O[C@@H](C)[C@@H](O)[C@@H](O)[C@@H]4O)[C@@H](O)C(O)O[C@@H]3CO)[C@@H]2O)O[C@H](CO)[C@@H](O)[C@@H]1O. The van der Waals surface area contributed by atoms with Gasteiger partial charge in [-0.2, -0.15) is 0 Å². The summed E-state index contributed by atoms with van der Waals surface area (Å²) in [6.07, 6.45) is -32.5. The van der Waals surface area contributed by atoms with Crippen molar-refractivity contribution in [2.75, 3.05) is 19.8 Å². The number of carbonyl (C=O) groups is 1. The Morgan fingerprint density at radius 2 is 1.09 bits per heavy atom. The van der Waals surface area contributed by atoms with E-state index in [9.17, 15) is 66.1 Å². The minimum absolute atomic E-state index is 0.689. The van der Waals surface area contributed by atoms with Crippen LogP contribution < -0.4 is 5.32 Å². The molecule has 4 heterocycles. The van der Waals surface area contributed by atoms with Gasteiger partial charge in [0.15, 0.2) is 25.2 Å². The van der Waals surface area contributed by atoms with Crippen LogP contribution in [0.2, 0.25) is 0 Å². The van der Waals surface area contributed by atoms with Crippen LogP contribution in [0.5, 0.6) is 0 Å². The summed E-state index contributed by atoms with van der Waals surface area (Å²) in [5, 5.41) is 127. The summed E-state index contributed by atoms with van der Waals surface area (Å²) in [5.74, 6) is -0.689. The third-order valence-corrected chi connectivity index (χ3v) is 8.57. The van der Waals surface area contributed by atoms with E-state index in [-0.39, 0.29) is 0 Å². The molecule has 21 heteroatoms. The minimum atomic E-state index is -2.02. The smallest absolute Gasteiger partial charge is 0.217 e. The fourth-order valence-corrected chi connectivity index (χ4v) is 5.88. The lowest BCUT2D eigenvalue weighted by Gasteiger charge is -2.49. The van der Waals surface area contributed by atoms with Gasteiger partial charge in [-0.25, -0.2) is 0 Å². The molecule has 4 aliphatic rings. The topological polar surface area (TPSA) is 336 Å². The third-order valence-electron chi connectivity index (χ3n) is 8.57. The molecule has 13 N–H and O–H groups in total. The minimum Gasteiger partial charge on any atom is -0.394 e. The van der Waals surface area contributed by atoms with Crippen LogP contribution in [0.4, 0.5) is 0 Å². The number of aliphatic hydroxyl groups excluding tert-OH is 12. The first kappa shape index (κ1) is 38.5. The monoisotopic (exact) mass is 691 g/mol. The number of nitrogens with one attached hydrogen (secondary N) is 1. The zero-order valence-corrected chi connectivity index (χ0v) is 25.3. The van der Waals surface area contributed by atoms with Gasteiger partial charge in [-0.1, -0.05) is 0 Å². The van der Waals surface area contributed by atoms with Crippen molar-refractivity contribution in [1.29, 1.82) is 0 Å². The average molecular weight is 692 g/mol. The molecular formula is C26H45NO20. The van der Waals surface area contributed by atoms with Gasteiger partial charge in [0.1, 0.15) is 91.5 Å². The molecule has 0 spiro atoms. The Hall–Kier alpha value is -1.29. The molecule has 21 nitrogen and oxygen atoms in total. The second-order valence-corrected chi connectivity index (χ2v) is 11.9. The number of carbonyl (C=O) groups excluding carboxylic acids is 1. The highest BCUT2D eigenvalue weighted by molar-refractivity contribution is 5.73. The van der Waals surface area contributed by atoms with Gasteiger partial charge >= 0.3 is 0 Å². The van der Waals surface area contributed by atoms with E-state index in [0.29, 0.717) is 0 Å². The van der Waals surface area contributed by atoms with Gasteiger partial charge in [0.2, 0.25) is 5.91 Å². The van der Waals surface area contributed by atoms with E-state index in [4.69, 9.17) is 33.2 Å². The van der Waals surface area contributed by atoms with Crippen molar-refractivity contribution >= 4 is 5.91 Å². The lowest BCUT2D eigenvalue weighted by molar-refractivity contribution is -0.390. The molecule has 0 aromatic rings. The predicted octanol–water partition coefficient (Wildman–Crippen LogP) is -8.58. The Morgan fingerprint density at radius 3 is 1.68 bits per heavy atom. The summed E-state index contributed by atoms with van der Waals surface area (Å²) in [4.78, 5) is 11.8. The molecule has 0 aliphatic carbocycles. The van der Waals surface area contributed by atoms with E-state index in [1.165, 1.54) is 6.92 Å². The van der Waals surface area contributed by atoms with Crippen molar-refractivity contribution in [1.82, 2.24) is 5.32 Å². The van der Waals surface area contributed by atoms with Gasteiger partial charge in [-0.15, -0.1) is 0 Å². The molecule has 0 saturated carbocycles. The lowest BCUT2D eigenvalue weighted by Crippen LogP contribution is -2.69. The van der Waals surface area contributed by atoms with Crippen LogP contribution >= 0.6 is 0 Å². The van der Waals surface area contributed by atoms with Crippen molar-refractivity contribution in [2.45, 2.75) is 137 Å². The quantitative estimate of drug-likeness (QED) is 0.101. The first-order valence-electron chi connectivity index (χ1n) is 15.0. The van der Waals surface area contributed by atoms with Gasteiger partial charge in [0.05, 0.1) is 25.9 Å². The van der Waals surface area contributed by atoms with E-state index in [1.54, 1.807) is 0 Å². The summed E-state index contributed by atoms with van der Waals surface area (Å²) in [5.41, 5.74) is 0. The number of ether oxygens (including phenoxy) is 7. The number of hydrogen-bond donors (Lipinski definition) is 13. The normalized spacial score (nSPS) is 51.0. The van der Waals surface area contributed by atoms with Gasteiger partial charge in [0.25, 0.3) is 0 Å². The highest BCUT2D eigenvalue weighted by Crippen LogP contribution is 2.34. The molecule has 4 saturated heterocycles. The average Bonchev–Trinajstić information content (AvgIpc) is 3.04. The second-order valence-electron chi connectivity index (χ2n) is 11.9. The van der Waals surface area contributed by atoms with E-state index in [0.717, 1.165) is 6.92 Å². The maximum Gasteiger partial charge on any atom is 0.217 e. The number of aliphatic hydroxyl groups is 12. The first-order valence-corrected chi connectivity index (χ1v) is 15.0. The van der Waals surface area contributed by atoms with Crippen LogP contribution in [0, 0.1) is 0 Å². The molecule has 1 unspecified atom stereocenters. The largest absolute Gasteiger partial charge is 0.394 e. The van der Waals surface area contributed by atoms with Gasteiger partial charge in [-0.05, 0) is 6.92 Å². The Labute approximate surface area is 267 Å². The molecule has 4 rings (SSSR count). The molecule has 20 atom stereocenters. The van der Waals surface area contributed by atoms with Crippen molar-refractivity contribution in [2.24, 2.45) is 0 Å². The van der Waals surface area contributed by atoms with Crippen molar-refractivity contribution in [3.8, 4) is 0 Å². The zero-order chi connectivity index (χ0) is 34.9. The highest BCUT2D eigenvalue weighted by Gasteiger charge is 2.55. The molecule has 0 bridgehead atoms. The van der Waals surface area contributed by atoms with Crippen molar-refractivity contribution < 1.29 is 99.2 Å². The molecular weight excluding hydrogens is 646 g/mol. The van der Waals surface area contributed by atoms with E-state index < -0.39 is 148 Å². The molecule has 274 valence electrons. The summed E-state index contributed by atoms with van der Waals surface area (Å²) in [6.45, 7) is -0.125. The number of amides is 1. The Balaban J connectivity index is 1.60. The second kappa shape index (κ2) is 16.2. The third kappa shape index (κ3) is 8.04. The summed E-state index contributed by atoms with van der Waals surface area (Å²) >= 11 is 0. The first-order chi connectivity index (χ1) is 22.1. The number of rotatable bonds is 10. The van der Waals surface area contributed by atoms with Crippen LogP contribution in [0.1, 0.15) is 13.8 Å². The fourth-order valence-electron chi connectivity index (χ4n) is 5.88. The summed E-state index contributed by atoms with van der Waals surface area (Å²) in [6, 6.07) is -1.49. The summed E-state index contributed by atoms with van der Waals surface area (Å²) < 4.78 is 39.0. The van der Waals surface area contributed by atoms with Crippen LogP contribution in [0.25, 0.3) is 0 Å². The maximum atomic E-state index is 11.8. The Kier molecular flexibility index (Phi) is 13.2. The van der Waals surface area contributed by atoms with Crippen molar-refractivity contribution in [3.05, 3.63) is 0 Å².